The summed E-state index contributed by atoms with van der Waals surface area (Å²) in [4.78, 5) is 13.1. The van der Waals surface area contributed by atoms with E-state index in [1.165, 1.54) is 0 Å². The number of hydrogen-bond acceptors (Lipinski definition) is 3. The molecule has 0 amide bonds. The largest absolute Gasteiger partial charge is 0.481 e. The normalized spacial score (nSPS) is 26.6. The first-order valence-corrected chi connectivity index (χ1v) is 5.75. The van der Waals surface area contributed by atoms with Gasteiger partial charge in [0.1, 0.15) is 0 Å². The van der Waals surface area contributed by atoms with E-state index in [0.29, 0.717) is 0 Å². The SMILES string of the molecule is CC1C(C(=O)O)CCN1CCC(C)(C)C#N. The van der Waals surface area contributed by atoms with Crippen molar-refractivity contribution >= 4 is 5.97 Å². The van der Waals surface area contributed by atoms with Crippen molar-refractivity contribution in [1.82, 2.24) is 4.90 Å². The summed E-state index contributed by atoms with van der Waals surface area (Å²) in [7, 11) is 0. The Hall–Kier alpha value is -1.08. The van der Waals surface area contributed by atoms with Crippen LogP contribution < -0.4 is 0 Å². The number of nitrogens with zero attached hydrogens (tertiary/aromatic N) is 2. The molecule has 1 fully saturated rings. The fourth-order valence-electron chi connectivity index (χ4n) is 2.13. The molecular formula is C12H20N2O2. The van der Waals surface area contributed by atoms with E-state index in [0.717, 1.165) is 25.9 Å². The summed E-state index contributed by atoms with van der Waals surface area (Å²) in [6.45, 7) is 7.45. The third-order valence-electron chi connectivity index (χ3n) is 3.53. The second-order valence-corrected chi connectivity index (χ2v) is 5.26. The van der Waals surface area contributed by atoms with Gasteiger partial charge < -0.3 is 5.11 Å². The van der Waals surface area contributed by atoms with Gasteiger partial charge in [-0.05, 0) is 46.7 Å². The molecule has 0 radical (unpaired) electrons. The number of rotatable bonds is 4. The van der Waals surface area contributed by atoms with Crippen LogP contribution in [0.5, 0.6) is 0 Å². The molecule has 1 saturated heterocycles. The first kappa shape index (κ1) is 13.0. The van der Waals surface area contributed by atoms with Crippen molar-refractivity contribution in [3.8, 4) is 6.07 Å². The lowest BCUT2D eigenvalue weighted by Crippen LogP contribution is -2.35. The highest BCUT2D eigenvalue weighted by atomic mass is 16.4. The molecule has 4 heteroatoms. The van der Waals surface area contributed by atoms with Crippen LogP contribution >= 0.6 is 0 Å². The Labute approximate surface area is 96.9 Å². The van der Waals surface area contributed by atoms with E-state index in [4.69, 9.17) is 10.4 Å². The van der Waals surface area contributed by atoms with Crippen molar-refractivity contribution in [1.29, 1.82) is 5.26 Å². The van der Waals surface area contributed by atoms with Crippen molar-refractivity contribution in [2.75, 3.05) is 13.1 Å². The van der Waals surface area contributed by atoms with Gasteiger partial charge >= 0.3 is 5.97 Å². The smallest absolute Gasteiger partial charge is 0.308 e. The van der Waals surface area contributed by atoms with Gasteiger partial charge in [0.05, 0.1) is 17.4 Å². The molecule has 0 aromatic carbocycles. The lowest BCUT2D eigenvalue weighted by atomic mass is 9.91. The lowest BCUT2D eigenvalue weighted by molar-refractivity contribution is -0.142. The summed E-state index contributed by atoms with van der Waals surface area (Å²) < 4.78 is 0. The Morgan fingerprint density at radius 1 is 1.62 bits per heavy atom. The van der Waals surface area contributed by atoms with Crippen LogP contribution in [0.3, 0.4) is 0 Å². The van der Waals surface area contributed by atoms with Gasteiger partial charge in [0.25, 0.3) is 0 Å². The van der Waals surface area contributed by atoms with Crippen LogP contribution in [0.25, 0.3) is 0 Å². The summed E-state index contributed by atoms with van der Waals surface area (Å²) in [6.07, 6.45) is 1.52. The molecular weight excluding hydrogens is 204 g/mol. The van der Waals surface area contributed by atoms with E-state index >= 15 is 0 Å². The van der Waals surface area contributed by atoms with Crippen LogP contribution in [-0.4, -0.2) is 35.1 Å². The Bertz CT molecular complexity index is 307. The molecule has 1 aliphatic heterocycles. The molecule has 0 aliphatic carbocycles. The van der Waals surface area contributed by atoms with Crippen LogP contribution in [0.1, 0.15) is 33.6 Å². The maximum Gasteiger partial charge on any atom is 0.308 e. The van der Waals surface area contributed by atoms with Crippen molar-refractivity contribution in [3.05, 3.63) is 0 Å². The minimum Gasteiger partial charge on any atom is -0.481 e. The zero-order chi connectivity index (χ0) is 12.3. The fourth-order valence-corrected chi connectivity index (χ4v) is 2.13. The van der Waals surface area contributed by atoms with Crippen LogP contribution in [0.2, 0.25) is 0 Å². The molecule has 4 nitrogen and oxygen atoms in total. The van der Waals surface area contributed by atoms with E-state index in [2.05, 4.69) is 11.0 Å². The van der Waals surface area contributed by atoms with E-state index in [1.54, 1.807) is 0 Å². The molecule has 0 aromatic rings. The van der Waals surface area contributed by atoms with Gasteiger partial charge in [-0.25, -0.2) is 0 Å². The summed E-state index contributed by atoms with van der Waals surface area (Å²) in [5, 5.41) is 17.9. The van der Waals surface area contributed by atoms with Crippen molar-refractivity contribution in [2.45, 2.75) is 39.7 Å². The predicted molar refractivity (Wildman–Crippen MR) is 60.8 cm³/mol. The highest BCUT2D eigenvalue weighted by Gasteiger charge is 2.35. The van der Waals surface area contributed by atoms with E-state index < -0.39 is 5.97 Å². The topological polar surface area (TPSA) is 64.3 Å². The van der Waals surface area contributed by atoms with E-state index in [1.807, 2.05) is 20.8 Å². The van der Waals surface area contributed by atoms with Gasteiger partial charge in [0.15, 0.2) is 0 Å². The highest BCUT2D eigenvalue weighted by molar-refractivity contribution is 5.71. The molecule has 90 valence electrons. The lowest BCUT2D eigenvalue weighted by Gasteiger charge is -2.25. The first-order valence-electron chi connectivity index (χ1n) is 5.75. The number of carboxylic acid groups (broad SMARTS) is 1. The van der Waals surface area contributed by atoms with Gasteiger partial charge in [0.2, 0.25) is 0 Å². The molecule has 0 saturated carbocycles. The van der Waals surface area contributed by atoms with Crippen LogP contribution in [0.15, 0.2) is 0 Å². The van der Waals surface area contributed by atoms with Gasteiger partial charge in [-0.15, -0.1) is 0 Å². The van der Waals surface area contributed by atoms with Crippen molar-refractivity contribution in [2.24, 2.45) is 11.3 Å². The molecule has 1 heterocycles. The summed E-state index contributed by atoms with van der Waals surface area (Å²) in [5.74, 6) is -0.945. The molecule has 1 N–H and O–H groups in total. The Kier molecular flexibility index (Phi) is 3.93. The molecule has 0 aromatic heterocycles. The van der Waals surface area contributed by atoms with Gasteiger partial charge in [-0.1, -0.05) is 0 Å². The fraction of sp³-hybridized carbons (Fsp3) is 0.833. The zero-order valence-electron chi connectivity index (χ0n) is 10.2. The van der Waals surface area contributed by atoms with Crippen molar-refractivity contribution in [3.63, 3.8) is 0 Å². The monoisotopic (exact) mass is 224 g/mol. The Morgan fingerprint density at radius 2 is 2.25 bits per heavy atom. The average Bonchev–Trinajstić information content (AvgIpc) is 2.57. The molecule has 16 heavy (non-hydrogen) atoms. The van der Waals surface area contributed by atoms with E-state index in [-0.39, 0.29) is 17.4 Å². The van der Waals surface area contributed by atoms with E-state index in [9.17, 15) is 4.79 Å². The maximum atomic E-state index is 10.9. The Balaban J connectivity index is 2.47. The van der Waals surface area contributed by atoms with Crippen LogP contribution in [-0.2, 0) is 4.79 Å². The summed E-state index contributed by atoms with van der Waals surface area (Å²) in [5.41, 5.74) is -0.318. The number of nitriles is 1. The summed E-state index contributed by atoms with van der Waals surface area (Å²) >= 11 is 0. The molecule has 0 spiro atoms. The van der Waals surface area contributed by atoms with Crippen LogP contribution in [0.4, 0.5) is 0 Å². The number of carboxylic acids is 1. The average molecular weight is 224 g/mol. The molecule has 2 unspecified atom stereocenters. The second-order valence-electron chi connectivity index (χ2n) is 5.26. The third-order valence-corrected chi connectivity index (χ3v) is 3.53. The highest BCUT2D eigenvalue weighted by Crippen LogP contribution is 2.27. The quantitative estimate of drug-likeness (QED) is 0.789. The first-order chi connectivity index (χ1) is 7.37. The minimum atomic E-state index is -0.699. The number of aliphatic carboxylic acids is 1. The molecule has 1 rings (SSSR count). The maximum absolute atomic E-state index is 10.9. The van der Waals surface area contributed by atoms with Gasteiger partial charge in [-0.2, -0.15) is 5.26 Å². The molecule has 2 atom stereocenters. The number of hydrogen-bond donors (Lipinski definition) is 1. The zero-order valence-corrected chi connectivity index (χ0v) is 10.2. The standard InChI is InChI=1S/C12H20N2O2/c1-9-10(11(15)16)4-6-14(9)7-5-12(2,3)8-13/h9-10H,4-7H2,1-3H3,(H,15,16). The van der Waals surface area contributed by atoms with Crippen molar-refractivity contribution < 1.29 is 9.90 Å². The second kappa shape index (κ2) is 4.84. The predicted octanol–water partition coefficient (Wildman–Crippen LogP) is 1.72. The third kappa shape index (κ3) is 2.96. The summed E-state index contributed by atoms with van der Waals surface area (Å²) in [6, 6.07) is 2.36. The Morgan fingerprint density at radius 3 is 2.69 bits per heavy atom. The number of carbonyl (C=O) groups is 1. The van der Waals surface area contributed by atoms with Gasteiger partial charge in [0, 0.05) is 6.04 Å². The van der Waals surface area contributed by atoms with Gasteiger partial charge in [-0.3, -0.25) is 9.69 Å². The van der Waals surface area contributed by atoms with Crippen LogP contribution in [0, 0.1) is 22.7 Å². The minimum absolute atomic E-state index is 0.0898. The molecule has 1 aliphatic rings. The molecule has 0 bridgehead atoms. The number of likely N-dealkylation sites (tertiary alicyclic amines) is 1.